The highest BCUT2D eigenvalue weighted by Crippen LogP contribution is 2.43. The van der Waals surface area contributed by atoms with Crippen LogP contribution in [0.5, 0.6) is 0 Å². The maximum absolute atomic E-state index is 12.7. The SMILES string of the molecule is CCCCCCC/C=C\C/C=C\C/C=C\CCCCCCCCCCCCCCC(=O)OC(COC(=O)CCCCCCCCCCCCCCCCCCCCCCCCCCCCCCCC)COP(=O)(O)OCCN. The third-order valence-electron chi connectivity index (χ3n) is 15.3. The molecule has 0 heterocycles. The predicted octanol–water partition coefficient (Wildman–Crippen LogP) is 21.9. The summed E-state index contributed by atoms with van der Waals surface area (Å²) in [6, 6.07) is 0. The quantitative estimate of drug-likeness (QED) is 0.0264. The molecule has 10 heteroatoms. The molecule has 0 aliphatic carbocycles. The minimum absolute atomic E-state index is 0.0548. The highest BCUT2D eigenvalue weighted by atomic mass is 31.2. The van der Waals surface area contributed by atoms with Crippen molar-refractivity contribution in [2.45, 2.75) is 360 Å². The topological polar surface area (TPSA) is 134 Å². The van der Waals surface area contributed by atoms with Gasteiger partial charge in [0.15, 0.2) is 6.10 Å². The molecule has 0 amide bonds. The summed E-state index contributed by atoms with van der Waals surface area (Å²) in [4.78, 5) is 35.3. The molecule has 0 saturated heterocycles. The summed E-state index contributed by atoms with van der Waals surface area (Å²) in [6.45, 7) is 3.80. The molecule has 78 heavy (non-hydrogen) atoms. The van der Waals surface area contributed by atoms with E-state index in [-0.39, 0.29) is 38.6 Å². The van der Waals surface area contributed by atoms with Gasteiger partial charge in [0.1, 0.15) is 6.61 Å². The third kappa shape index (κ3) is 63.4. The van der Waals surface area contributed by atoms with Gasteiger partial charge < -0.3 is 20.1 Å². The number of unbranched alkanes of at least 4 members (excludes halogenated alkanes) is 46. The Hall–Kier alpha value is -1.77. The Morgan fingerprint density at radius 1 is 0.385 bits per heavy atom. The lowest BCUT2D eigenvalue weighted by Gasteiger charge is -2.19. The molecule has 3 N–H and O–H groups in total. The Kier molecular flexibility index (Phi) is 62.9. The highest BCUT2D eigenvalue weighted by molar-refractivity contribution is 7.47. The molecule has 0 spiro atoms. The van der Waals surface area contributed by atoms with Crippen molar-refractivity contribution in [2.75, 3.05) is 26.4 Å². The zero-order valence-corrected chi connectivity index (χ0v) is 52.6. The van der Waals surface area contributed by atoms with Gasteiger partial charge in [-0.1, -0.05) is 326 Å². The summed E-state index contributed by atoms with van der Waals surface area (Å²) in [5.41, 5.74) is 5.40. The number of carbonyl (C=O) groups is 2. The standard InChI is InChI=1S/C68H130NO8P/c1-3-5-7-9-11-13-15-17-19-21-23-25-27-29-31-32-33-35-36-38-40-42-44-46-48-50-52-54-56-58-60-67(70)74-64-66(65-76-78(72,73)75-63-62-69)77-68(71)61-59-57-55-53-51-49-47-45-43-41-39-37-34-30-28-26-24-22-20-18-16-14-12-10-8-6-4-2/h16,18,22,24,28,30,66H,3-15,17,19-21,23,25-27,29,31-65,69H2,1-2H3,(H,72,73)/b18-16-,24-22-,30-28-. The van der Waals surface area contributed by atoms with Gasteiger partial charge in [-0.3, -0.25) is 18.6 Å². The number of hydrogen-bond donors (Lipinski definition) is 2. The Morgan fingerprint density at radius 2 is 0.667 bits per heavy atom. The number of ether oxygens (including phenoxy) is 2. The number of esters is 2. The average molecular weight is 1120 g/mol. The first kappa shape index (κ1) is 76.2. The largest absolute Gasteiger partial charge is 0.472 e. The number of hydrogen-bond acceptors (Lipinski definition) is 8. The van der Waals surface area contributed by atoms with Crippen LogP contribution in [0.3, 0.4) is 0 Å². The van der Waals surface area contributed by atoms with Gasteiger partial charge in [-0.25, -0.2) is 4.57 Å². The summed E-state index contributed by atoms with van der Waals surface area (Å²) < 4.78 is 33.2. The van der Waals surface area contributed by atoms with Crippen LogP contribution in [-0.4, -0.2) is 49.3 Å². The molecule has 0 saturated carbocycles. The lowest BCUT2D eigenvalue weighted by atomic mass is 10.0. The zero-order chi connectivity index (χ0) is 56.6. The van der Waals surface area contributed by atoms with Crippen molar-refractivity contribution >= 4 is 19.8 Å². The summed E-state index contributed by atoms with van der Waals surface area (Å²) in [6.07, 6.45) is 79.5. The fraction of sp³-hybridized carbons (Fsp3) is 0.882. The van der Waals surface area contributed by atoms with E-state index >= 15 is 0 Å². The van der Waals surface area contributed by atoms with Gasteiger partial charge in [0, 0.05) is 19.4 Å². The zero-order valence-electron chi connectivity index (χ0n) is 51.7. The lowest BCUT2D eigenvalue weighted by molar-refractivity contribution is -0.161. The number of phosphoric acid groups is 1. The molecule has 0 radical (unpaired) electrons. The van der Waals surface area contributed by atoms with Crippen molar-refractivity contribution in [3.8, 4) is 0 Å². The van der Waals surface area contributed by atoms with E-state index < -0.39 is 26.5 Å². The average Bonchev–Trinajstić information content (AvgIpc) is 3.43. The van der Waals surface area contributed by atoms with Crippen LogP contribution in [0.2, 0.25) is 0 Å². The number of phosphoric ester groups is 1. The van der Waals surface area contributed by atoms with Crippen molar-refractivity contribution in [1.82, 2.24) is 0 Å². The number of allylic oxidation sites excluding steroid dienone is 6. The van der Waals surface area contributed by atoms with Crippen LogP contribution >= 0.6 is 7.82 Å². The van der Waals surface area contributed by atoms with Crippen LogP contribution in [0.4, 0.5) is 0 Å². The molecule has 0 aliphatic heterocycles. The Morgan fingerprint density at radius 3 is 0.987 bits per heavy atom. The summed E-state index contributed by atoms with van der Waals surface area (Å²) in [7, 11) is -4.39. The van der Waals surface area contributed by atoms with E-state index in [1.165, 1.54) is 270 Å². The predicted molar refractivity (Wildman–Crippen MR) is 335 cm³/mol. The second kappa shape index (κ2) is 64.4. The molecule has 0 rings (SSSR count). The minimum atomic E-state index is -4.39. The summed E-state index contributed by atoms with van der Waals surface area (Å²) in [5.74, 6) is -0.810. The molecule has 0 aromatic carbocycles. The van der Waals surface area contributed by atoms with Crippen LogP contribution in [0.25, 0.3) is 0 Å². The summed E-state index contributed by atoms with van der Waals surface area (Å²) in [5, 5.41) is 0. The van der Waals surface area contributed by atoms with E-state index in [4.69, 9.17) is 24.3 Å². The van der Waals surface area contributed by atoms with E-state index in [2.05, 4.69) is 50.3 Å². The van der Waals surface area contributed by atoms with Gasteiger partial charge in [0.05, 0.1) is 13.2 Å². The monoisotopic (exact) mass is 1120 g/mol. The van der Waals surface area contributed by atoms with E-state index in [0.717, 1.165) is 51.4 Å². The van der Waals surface area contributed by atoms with Gasteiger partial charge in [-0.15, -0.1) is 0 Å². The molecule has 2 unspecified atom stereocenters. The van der Waals surface area contributed by atoms with Crippen molar-refractivity contribution in [3.63, 3.8) is 0 Å². The minimum Gasteiger partial charge on any atom is -0.462 e. The van der Waals surface area contributed by atoms with Gasteiger partial charge in [-0.2, -0.15) is 0 Å². The molecule has 0 aromatic rings. The van der Waals surface area contributed by atoms with Gasteiger partial charge in [-0.05, 0) is 51.4 Å². The van der Waals surface area contributed by atoms with Gasteiger partial charge >= 0.3 is 19.8 Å². The molecule has 2 atom stereocenters. The molecule has 0 fully saturated rings. The van der Waals surface area contributed by atoms with Gasteiger partial charge in [0.2, 0.25) is 0 Å². The number of carbonyl (C=O) groups excluding carboxylic acids is 2. The molecule has 0 aliphatic rings. The van der Waals surface area contributed by atoms with Crippen molar-refractivity contribution in [1.29, 1.82) is 0 Å². The number of rotatable bonds is 65. The van der Waals surface area contributed by atoms with E-state index in [1.807, 2.05) is 0 Å². The maximum Gasteiger partial charge on any atom is 0.472 e. The van der Waals surface area contributed by atoms with Gasteiger partial charge in [0.25, 0.3) is 0 Å². The lowest BCUT2D eigenvalue weighted by Crippen LogP contribution is -2.29. The van der Waals surface area contributed by atoms with E-state index in [0.29, 0.717) is 6.42 Å². The third-order valence-corrected chi connectivity index (χ3v) is 16.3. The maximum atomic E-state index is 12.7. The first-order chi connectivity index (χ1) is 38.3. The van der Waals surface area contributed by atoms with Crippen molar-refractivity contribution < 1.29 is 37.6 Å². The molecular formula is C68H130NO8P. The highest BCUT2D eigenvalue weighted by Gasteiger charge is 2.26. The van der Waals surface area contributed by atoms with Crippen LogP contribution in [0.1, 0.15) is 354 Å². The summed E-state index contributed by atoms with van der Waals surface area (Å²) >= 11 is 0. The Labute approximate surface area is 484 Å². The number of nitrogens with two attached hydrogens (primary N) is 1. The molecule has 0 bridgehead atoms. The molecular weight excluding hydrogens is 990 g/mol. The Balaban J connectivity index is 3.85. The molecule has 460 valence electrons. The van der Waals surface area contributed by atoms with Crippen LogP contribution in [-0.2, 0) is 32.7 Å². The van der Waals surface area contributed by atoms with Crippen LogP contribution in [0, 0.1) is 0 Å². The van der Waals surface area contributed by atoms with Crippen LogP contribution in [0.15, 0.2) is 36.5 Å². The fourth-order valence-corrected chi connectivity index (χ4v) is 11.0. The fourth-order valence-electron chi connectivity index (χ4n) is 10.2. The smallest absolute Gasteiger partial charge is 0.462 e. The van der Waals surface area contributed by atoms with Crippen LogP contribution < -0.4 is 5.73 Å². The second-order valence-electron chi connectivity index (χ2n) is 23.1. The first-order valence-electron chi connectivity index (χ1n) is 34.0. The normalized spacial score (nSPS) is 13.1. The van der Waals surface area contributed by atoms with Crippen molar-refractivity contribution in [3.05, 3.63) is 36.5 Å². The van der Waals surface area contributed by atoms with Crippen molar-refractivity contribution in [2.24, 2.45) is 5.73 Å². The Bertz CT molecular complexity index is 1370. The molecule has 9 nitrogen and oxygen atoms in total. The first-order valence-corrected chi connectivity index (χ1v) is 35.5. The second-order valence-corrected chi connectivity index (χ2v) is 24.5. The van der Waals surface area contributed by atoms with E-state index in [1.54, 1.807) is 0 Å². The molecule has 0 aromatic heterocycles. The van der Waals surface area contributed by atoms with E-state index in [9.17, 15) is 19.0 Å².